The molecule has 0 atom stereocenters. The van der Waals surface area contributed by atoms with Crippen molar-refractivity contribution in [2.45, 2.75) is 0 Å². The quantitative estimate of drug-likeness (QED) is 0.361. The number of hydrogen-bond acceptors (Lipinski definition) is 5. The second-order valence-corrected chi connectivity index (χ2v) is 4.40. The Morgan fingerprint density at radius 2 is 2.05 bits per heavy atom. The molecular formula is C14H18N5O2+. The molecule has 0 aliphatic carbocycles. The van der Waals surface area contributed by atoms with Crippen molar-refractivity contribution in [3.05, 3.63) is 24.3 Å². The summed E-state index contributed by atoms with van der Waals surface area (Å²) in [5.74, 6) is 1.12. The summed E-state index contributed by atoms with van der Waals surface area (Å²) in [7, 11) is 1.60. The Labute approximate surface area is 123 Å². The van der Waals surface area contributed by atoms with Crippen LogP contribution in [0.5, 0.6) is 5.75 Å². The van der Waals surface area contributed by atoms with E-state index in [2.05, 4.69) is 10.5 Å². The SMILES string of the molecule is COc1ccc(N/N=C(\C#N)C(N)=[N+]2CCOCC2)cc1. The normalized spacial score (nSPS) is 15.2. The minimum absolute atomic E-state index is 0.160. The van der Waals surface area contributed by atoms with E-state index < -0.39 is 0 Å². The summed E-state index contributed by atoms with van der Waals surface area (Å²) >= 11 is 0. The number of nitriles is 1. The average Bonchev–Trinajstić information content (AvgIpc) is 2.56. The molecule has 7 nitrogen and oxygen atoms in total. The fourth-order valence-electron chi connectivity index (χ4n) is 1.88. The molecule has 0 bridgehead atoms. The molecule has 110 valence electrons. The molecule has 1 aromatic carbocycles. The Kier molecular flexibility index (Phi) is 5.12. The molecule has 1 saturated heterocycles. The van der Waals surface area contributed by atoms with E-state index in [1.165, 1.54) is 0 Å². The highest BCUT2D eigenvalue weighted by molar-refractivity contribution is 6.45. The maximum Gasteiger partial charge on any atom is 0.307 e. The van der Waals surface area contributed by atoms with E-state index in [0.29, 0.717) is 32.1 Å². The van der Waals surface area contributed by atoms with Crippen molar-refractivity contribution < 1.29 is 14.0 Å². The smallest absolute Gasteiger partial charge is 0.307 e. The van der Waals surface area contributed by atoms with Crippen molar-refractivity contribution in [3.8, 4) is 11.8 Å². The third kappa shape index (κ3) is 3.94. The molecule has 0 unspecified atom stereocenters. The molecule has 0 saturated carbocycles. The number of amidine groups is 1. The molecule has 3 N–H and O–H groups in total. The van der Waals surface area contributed by atoms with Crippen LogP contribution in [-0.4, -0.2) is 49.5 Å². The van der Waals surface area contributed by atoms with Crippen LogP contribution in [-0.2, 0) is 4.74 Å². The van der Waals surface area contributed by atoms with E-state index in [-0.39, 0.29) is 5.71 Å². The van der Waals surface area contributed by atoms with Crippen LogP contribution in [0.3, 0.4) is 0 Å². The minimum atomic E-state index is 0.160. The van der Waals surface area contributed by atoms with E-state index in [4.69, 9.17) is 15.2 Å². The average molecular weight is 288 g/mol. The second-order valence-electron chi connectivity index (χ2n) is 4.40. The standard InChI is InChI=1S/C14H17N5O2/c1-20-12-4-2-11(3-5-12)17-18-13(10-15)14(16)19-6-8-21-9-7-19/h2-5H,6-9H2,1H3,(H2,16,17)/p+1. The summed E-state index contributed by atoms with van der Waals surface area (Å²) in [5, 5.41) is 13.3. The van der Waals surface area contributed by atoms with Gasteiger partial charge in [0.1, 0.15) is 24.9 Å². The molecule has 0 amide bonds. The van der Waals surface area contributed by atoms with E-state index >= 15 is 0 Å². The van der Waals surface area contributed by atoms with Gasteiger partial charge in [0.25, 0.3) is 0 Å². The summed E-state index contributed by atoms with van der Waals surface area (Å²) in [6, 6.07) is 9.23. The van der Waals surface area contributed by atoms with Crippen molar-refractivity contribution in [1.82, 2.24) is 0 Å². The Hall–Kier alpha value is -2.59. The molecule has 2 rings (SSSR count). The molecule has 0 spiro atoms. The Balaban J connectivity index is 2.11. The first-order chi connectivity index (χ1) is 10.2. The molecule has 0 radical (unpaired) electrons. The van der Waals surface area contributed by atoms with E-state index in [1.807, 2.05) is 22.8 Å². The molecule has 1 fully saturated rings. The highest BCUT2D eigenvalue weighted by Gasteiger charge is 2.18. The highest BCUT2D eigenvalue weighted by Crippen LogP contribution is 2.14. The molecule has 21 heavy (non-hydrogen) atoms. The summed E-state index contributed by atoms with van der Waals surface area (Å²) in [4.78, 5) is 0. The van der Waals surface area contributed by atoms with Crippen LogP contribution < -0.4 is 15.9 Å². The second kappa shape index (κ2) is 7.26. The van der Waals surface area contributed by atoms with Gasteiger partial charge >= 0.3 is 5.84 Å². The van der Waals surface area contributed by atoms with Gasteiger partial charge in [-0.3, -0.25) is 15.7 Å². The molecular weight excluding hydrogens is 270 g/mol. The van der Waals surface area contributed by atoms with Gasteiger partial charge in [0.05, 0.1) is 26.0 Å². The lowest BCUT2D eigenvalue weighted by molar-refractivity contribution is -0.548. The zero-order chi connectivity index (χ0) is 15.1. The molecule has 1 aliphatic heterocycles. The number of nitrogens with one attached hydrogen (secondary N) is 1. The van der Waals surface area contributed by atoms with Crippen LogP contribution in [0.2, 0.25) is 0 Å². The van der Waals surface area contributed by atoms with Crippen molar-refractivity contribution >= 4 is 17.2 Å². The van der Waals surface area contributed by atoms with Crippen LogP contribution in [0.25, 0.3) is 0 Å². The predicted octanol–water partition coefficient (Wildman–Crippen LogP) is 0.387. The van der Waals surface area contributed by atoms with Crippen LogP contribution in [0.15, 0.2) is 29.4 Å². The lowest BCUT2D eigenvalue weighted by atomic mass is 10.3. The van der Waals surface area contributed by atoms with Crippen molar-refractivity contribution in [3.63, 3.8) is 0 Å². The van der Waals surface area contributed by atoms with Crippen molar-refractivity contribution in [2.75, 3.05) is 38.8 Å². The van der Waals surface area contributed by atoms with Gasteiger partial charge < -0.3 is 9.47 Å². The molecule has 1 heterocycles. The Bertz CT molecular complexity index is 578. The zero-order valence-electron chi connectivity index (χ0n) is 11.9. The fraction of sp³-hybridized carbons (Fsp3) is 0.357. The highest BCUT2D eigenvalue weighted by atomic mass is 16.5. The third-order valence-corrected chi connectivity index (χ3v) is 3.09. The number of anilines is 1. The van der Waals surface area contributed by atoms with Gasteiger partial charge in [-0.1, -0.05) is 0 Å². The first-order valence-corrected chi connectivity index (χ1v) is 6.58. The summed E-state index contributed by atoms with van der Waals surface area (Å²) in [6.07, 6.45) is 0. The number of hydrazone groups is 1. The van der Waals surface area contributed by atoms with Gasteiger partial charge in [-0.05, 0) is 24.3 Å². The number of methoxy groups -OCH3 is 1. The first kappa shape index (κ1) is 14.8. The van der Waals surface area contributed by atoms with Crippen molar-refractivity contribution in [2.24, 2.45) is 10.8 Å². The number of morpholine rings is 1. The predicted molar refractivity (Wildman–Crippen MR) is 79.7 cm³/mol. The number of hydrogen-bond donors (Lipinski definition) is 2. The Morgan fingerprint density at radius 3 is 2.62 bits per heavy atom. The zero-order valence-corrected chi connectivity index (χ0v) is 11.9. The van der Waals surface area contributed by atoms with E-state index in [9.17, 15) is 5.26 Å². The molecule has 1 aromatic rings. The van der Waals surface area contributed by atoms with Crippen LogP contribution >= 0.6 is 0 Å². The summed E-state index contributed by atoms with van der Waals surface area (Å²) < 4.78 is 12.2. The largest absolute Gasteiger partial charge is 0.497 e. The molecule has 0 aromatic heterocycles. The maximum absolute atomic E-state index is 9.19. The van der Waals surface area contributed by atoms with Gasteiger partial charge in [0.15, 0.2) is 0 Å². The van der Waals surface area contributed by atoms with Gasteiger partial charge in [-0.2, -0.15) is 10.4 Å². The lowest BCUT2D eigenvalue weighted by Crippen LogP contribution is -2.41. The van der Waals surface area contributed by atoms with Gasteiger partial charge in [0.2, 0.25) is 5.71 Å². The van der Waals surface area contributed by atoms with Gasteiger partial charge in [-0.25, -0.2) is 0 Å². The maximum atomic E-state index is 9.19. The van der Waals surface area contributed by atoms with Crippen LogP contribution in [0.4, 0.5) is 5.69 Å². The topological polar surface area (TPSA) is 95.7 Å². The molecule has 1 aliphatic rings. The molecule has 7 heteroatoms. The summed E-state index contributed by atoms with van der Waals surface area (Å²) in [5.41, 5.74) is 9.71. The number of nitrogens with two attached hydrogens (primary N) is 1. The minimum Gasteiger partial charge on any atom is -0.497 e. The van der Waals surface area contributed by atoms with Gasteiger partial charge in [0, 0.05) is 0 Å². The third-order valence-electron chi connectivity index (χ3n) is 3.09. The van der Waals surface area contributed by atoms with Crippen molar-refractivity contribution in [1.29, 1.82) is 5.26 Å². The van der Waals surface area contributed by atoms with Crippen LogP contribution in [0.1, 0.15) is 0 Å². The number of benzene rings is 1. The monoisotopic (exact) mass is 288 g/mol. The summed E-state index contributed by atoms with van der Waals surface area (Å²) in [6.45, 7) is 2.53. The first-order valence-electron chi connectivity index (χ1n) is 6.58. The number of ether oxygens (including phenoxy) is 2. The van der Waals surface area contributed by atoms with E-state index in [1.54, 1.807) is 19.2 Å². The Morgan fingerprint density at radius 1 is 1.38 bits per heavy atom. The fourth-order valence-corrected chi connectivity index (χ4v) is 1.88. The number of nitrogens with zero attached hydrogens (tertiary/aromatic N) is 3. The lowest BCUT2D eigenvalue weighted by Gasteiger charge is -2.14. The number of rotatable bonds is 4. The van der Waals surface area contributed by atoms with Crippen LogP contribution in [0, 0.1) is 11.3 Å². The van der Waals surface area contributed by atoms with Gasteiger partial charge in [-0.15, -0.1) is 0 Å². The van der Waals surface area contributed by atoms with E-state index in [0.717, 1.165) is 11.4 Å².